The molecule has 1 heterocycles. The third-order valence-corrected chi connectivity index (χ3v) is 4.19. The van der Waals surface area contributed by atoms with Gasteiger partial charge in [-0.3, -0.25) is 9.59 Å². The Balaban J connectivity index is 0.000000416. The third kappa shape index (κ3) is 9.12. The standard InChI is InChI=1S/C15H20N2O3.C5H11NOS/c1-17-8-2-4-13(16)12-7-6-11(10-14(12)17)20-9-3-5-15(18)19;1-5(2,8)3-4(6)7/h6-7,10,16H,2-5,8-9H2,1H3,(H,18,19);8H,3H2,1-2H3,(H2,6,7). The first-order valence-corrected chi connectivity index (χ1v) is 9.72. The van der Waals surface area contributed by atoms with E-state index in [4.69, 9.17) is 21.0 Å². The fraction of sp³-hybridized carbons (Fsp3) is 0.550. The first-order chi connectivity index (χ1) is 13.0. The molecule has 1 aromatic rings. The van der Waals surface area contributed by atoms with Crippen molar-refractivity contribution in [3.8, 4) is 5.75 Å². The number of hydrogen-bond donors (Lipinski definition) is 4. The summed E-state index contributed by atoms with van der Waals surface area (Å²) < 4.78 is 5.33. The number of nitrogens with two attached hydrogens (primary N) is 1. The van der Waals surface area contributed by atoms with Gasteiger partial charge in [-0.15, -0.1) is 0 Å². The number of fused-ring (bicyclic) bond motifs is 1. The van der Waals surface area contributed by atoms with E-state index in [-0.39, 0.29) is 17.1 Å². The summed E-state index contributed by atoms with van der Waals surface area (Å²) in [6, 6.07) is 5.72. The minimum absolute atomic E-state index is 0.121. The highest BCUT2D eigenvalue weighted by Crippen LogP contribution is 2.29. The number of anilines is 1. The van der Waals surface area contributed by atoms with E-state index in [1.165, 1.54) is 0 Å². The minimum atomic E-state index is -0.802. The zero-order valence-corrected chi connectivity index (χ0v) is 17.7. The number of ether oxygens (including phenoxy) is 1. The number of carboxylic acids is 1. The zero-order valence-electron chi connectivity index (χ0n) is 16.8. The lowest BCUT2D eigenvalue weighted by Gasteiger charge is -2.20. The molecule has 0 atom stereocenters. The van der Waals surface area contributed by atoms with Crippen molar-refractivity contribution < 1.29 is 19.4 Å². The maximum absolute atomic E-state index is 10.4. The fourth-order valence-corrected chi connectivity index (χ4v) is 2.92. The number of aliphatic carboxylic acids is 1. The number of hydrogen-bond acceptors (Lipinski definition) is 6. The van der Waals surface area contributed by atoms with E-state index in [0.717, 1.165) is 36.4 Å². The van der Waals surface area contributed by atoms with E-state index in [9.17, 15) is 9.59 Å². The predicted octanol–water partition coefficient (Wildman–Crippen LogP) is 3.10. The van der Waals surface area contributed by atoms with Crippen molar-refractivity contribution in [1.82, 2.24) is 0 Å². The molecular weight excluding hydrogens is 378 g/mol. The number of benzene rings is 1. The second-order valence-electron chi connectivity index (χ2n) is 7.48. The van der Waals surface area contributed by atoms with Gasteiger partial charge in [-0.05, 0) is 31.4 Å². The Labute approximate surface area is 172 Å². The number of nitrogens with zero attached hydrogens (tertiary/aromatic N) is 1. The second kappa shape index (κ2) is 10.9. The molecule has 0 saturated carbocycles. The van der Waals surface area contributed by atoms with Gasteiger partial charge in [0, 0.05) is 54.2 Å². The Bertz CT molecular complexity index is 701. The smallest absolute Gasteiger partial charge is 0.303 e. The average molecular weight is 410 g/mol. The molecule has 0 aliphatic carbocycles. The van der Waals surface area contributed by atoms with Crippen LogP contribution in [0.3, 0.4) is 0 Å². The average Bonchev–Trinajstić information content (AvgIpc) is 2.69. The predicted molar refractivity (Wildman–Crippen MR) is 115 cm³/mol. The molecule has 156 valence electrons. The Morgan fingerprint density at radius 1 is 1.39 bits per heavy atom. The fourth-order valence-electron chi connectivity index (χ4n) is 2.76. The second-order valence-corrected chi connectivity index (χ2v) is 8.69. The number of nitrogens with one attached hydrogen (secondary N) is 1. The van der Waals surface area contributed by atoms with Crippen LogP contribution in [0.2, 0.25) is 0 Å². The first kappa shape index (κ1) is 23.8. The summed E-state index contributed by atoms with van der Waals surface area (Å²) in [7, 11) is 2.02. The van der Waals surface area contributed by atoms with Crippen LogP contribution in [0, 0.1) is 5.41 Å². The number of primary amides is 1. The molecule has 1 aliphatic rings. The summed E-state index contributed by atoms with van der Waals surface area (Å²) in [5.74, 6) is -0.371. The normalized spacial score (nSPS) is 13.7. The number of thiol groups is 1. The van der Waals surface area contributed by atoms with Crippen molar-refractivity contribution in [1.29, 1.82) is 5.41 Å². The van der Waals surface area contributed by atoms with Crippen LogP contribution in [0.15, 0.2) is 18.2 Å². The van der Waals surface area contributed by atoms with E-state index < -0.39 is 5.97 Å². The SMILES string of the molecule is CC(C)(S)CC(N)=O.CN1CCCC(=N)c2ccc(OCCCC(=O)O)cc21. The first-order valence-electron chi connectivity index (χ1n) is 9.28. The van der Waals surface area contributed by atoms with Crippen molar-refractivity contribution in [2.45, 2.75) is 50.7 Å². The topological polar surface area (TPSA) is 117 Å². The van der Waals surface area contributed by atoms with Gasteiger partial charge in [-0.2, -0.15) is 12.6 Å². The van der Waals surface area contributed by atoms with E-state index >= 15 is 0 Å². The Kier molecular flexibility index (Phi) is 9.31. The van der Waals surface area contributed by atoms with Crippen LogP contribution in [0.25, 0.3) is 0 Å². The van der Waals surface area contributed by atoms with Gasteiger partial charge < -0.3 is 25.9 Å². The Morgan fingerprint density at radius 2 is 2.07 bits per heavy atom. The Hall–Kier alpha value is -2.22. The van der Waals surface area contributed by atoms with Crippen LogP contribution in [0.4, 0.5) is 5.69 Å². The van der Waals surface area contributed by atoms with E-state index in [0.29, 0.717) is 25.2 Å². The van der Waals surface area contributed by atoms with Gasteiger partial charge in [0.05, 0.1) is 6.61 Å². The van der Waals surface area contributed by atoms with E-state index in [1.807, 2.05) is 39.1 Å². The number of carbonyl (C=O) groups excluding carboxylic acids is 1. The van der Waals surface area contributed by atoms with Crippen molar-refractivity contribution in [2.75, 3.05) is 25.1 Å². The van der Waals surface area contributed by atoms with Crippen LogP contribution < -0.4 is 15.4 Å². The lowest BCUT2D eigenvalue weighted by Crippen LogP contribution is -2.22. The molecule has 1 aromatic carbocycles. The maximum atomic E-state index is 10.4. The number of rotatable bonds is 7. The van der Waals surface area contributed by atoms with Gasteiger partial charge in [0.15, 0.2) is 0 Å². The summed E-state index contributed by atoms with van der Waals surface area (Å²) in [6.45, 7) is 5.02. The summed E-state index contributed by atoms with van der Waals surface area (Å²) in [5, 5.41) is 16.6. The summed E-state index contributed by atoms with van der Waals surface area (Å²) >= 11 is 4.09. The molecule has 1 amide bonds. The van der Waals surface area contributed by atoms with Crippen molar-refractivity contribution in [3.05, 3.63) is 23.8 Å². The van der Waals surface area contributed by atoms with Crippen LogP contribution in [-0.2, 0) is 9.59 Å². The molecule has 0 aromatic heterocycles. The van der Waals surface area contributed by atoms with Gasteiger partial charge in [0.2, 0.25) is 5.91 Å². The van der Waals surface area contributed by atoms with Gasteiger partial charge in [0.1, 0.15) is 5.75 Å². The highest BCUT2D eigenvalue weighted by atomic mass is 32.1. The molecule has 0 unspecified atom stereocenters. The number of carboxylic acid groups (broad SMARTS) is 1. The lowest BCUT2D eigenvalue weighted by molar-refractivity contribution is -0.137. The molecule has 7 nitrogen and oxygen atoms in total. The van der Waals surface area contributed by atoms with E-state index in [1.54, 1.807) is 0 Å². The van der Waals surface area contributed by atoms with Gasteiger partial charge in [-0.1, -0.05) is 13.8 Å². The largest absolute Gasteiger partial charge is 0.494 e. The van der Waals surface area contributed by atoms with Crippen molar-refractivity contribution in [3.63, 3.8) is 0 Å². The molecule has 0 bridgehead atoms. The zero-order chi connectivity index (χ0) is 21.3. The quantitative estimate of drug-likeness (QED) is 0.408. The third-order valence-electron chi connectivity index (χ3n) is 4.04. The summed E-state index contributed by atoms with van der Waals surface area (Å²) in [5.41, 5.74) is 7.54. The van der Waals surface area contributed by atoms with Crippen LogP contribution in [0.1, 0.15) is 51.5 Å². The van der Waals surface area contributed by atoms with Crippen molar-refractivity contribution >= 4 is 35.9 Å². The highest BCUT2D eigenvalue weighted by Gasteiger charge is 2.17. The Morgan fingerprint density at radius 3 is 2.61 bits per heavy atom. The maximum Gasteiger partial charge on any atom is 0.303 e. The molecule has 0 spiro atoms. The van der Waals surface area contributed by atoms with E-state index in [2.05, 4.69) is 17.5 Å². The van der Waals surface area contributed by atoms with Crippen LogP contribution >= 0.6 is 12.6 Å². The molecule has 0 saturated heterocycles. The molecule has 0 fully saturated rings. The van der Waals surface area contributed by atoms with Gasteiger partial charge in [-0.25, -0.2) is 0 Å². The molecule has 28 heavy (non-hydrogen) atoms. The monoisotopic (exact) mass is 409 g/mol. The van der Waals surface area contributed by atoms with Crippen molar-refractivity contribution in [2.24, 2.45) is 5.73 Å². The van der Waals surface area contributed by atoms with Crippen LogP contribution in [-0.4, -0.2) is 47.6 Å². The summed E-state index contributed by atoms with van der Waals surface area (Å²) in [6.07, 6.45) is 2.73. The van der Waals surface area contributed by atoms with Gasteiger partial charge in [0.25, 0.3) is 0 Å². The molecule has 4 N–H and O–H groups in total. The summed E-state index contributed by atoms with van der Waals surface area (Å²) in [4.78, 5) is 22.8. The lowest BCUT2D eigenvalue weighted by atomic mass is 10.1. The molecule has 2 rings (SSSR count). The number of amides is 1. The number of carbonyl (C=O) groups is 2. The molecular formula is C20H31N3O4S. The van der Waals surface area contributed by atoms with Gasteiger partial charge >= 0.3 is 5.97 Å². The van der Waals surface area contributed by atoms with Crippen LogP contribution in [0.5, 0.6) is 5.75 Å². The molecule has 8 heteroatoms. The minimum Gasteiger partial charge on any atom is -0.494 e. The molecule has 0 radical (unpaired) electrons. The highest BCUT2D eigenvalue weighted by molar-refractivity contribution is 7.81. The molecule has 1 aliphatic heterocycles.